The first-order chi connectivity index (χ1) is 11.7. The third-order valence-electron chi connectivity index (χ3n) is 3.51. The number of anilines is 2. The number of hydrogen-bond donors (Lipinski definition) is 2. The number of para-hydroxylation sites is 2. The van der Waals surface area contributed by atoms with E-state index < -0.39 is 11.9 Å². The molecular weight excluding hydrogens is 298 g/mol. The summed E-state index contributed by atoms with van der Waals surface area (Å²) in [7, 11) is 0. The van der Waals surface area contributed by atoms with Gasteiger partial charge in [0.05, 0.1) is 5.92 Å². The van der Waals surface area contributed by atoms with Gasteiger partial charge in [-0.2, -0.15) is 0 Å². The van der Waals surface area contributed by atoms with E-state index in [4.69, 9.17) is 5.11 Å². The first-order valence-electron chi connectivity index (χ1n) is 7.81. The van der Waals surface area contributed by atoms with E-state index in [9.17, 15) is 4.79 Å². The lowest BCUT2D eigenvalue weighted by molar-refractivity contribution is -0.138. The van der Waals surface area contributed by atoms with Crippen LogP contribution in [0.2, 0.25) is 0 Å². The van der Waals surface area contributed by atoms with Crippen molar-refractivity contribution in [3.8, 4) is 0 Å². The minimum Gasteiger partial charge on any atom is -0.481 e. The molecule has 2 N–H and O–H groups in total. The Morgan fingerprint density at radius 2 is 1.12 bits per heavy atom. The maximum absolute atomic E-state index is 10.5. The fourth-order valence-electron chi connectivity index (χ4n) is 2.09. The van der Waals surface area contributed by atoms with E-state index in [0.717, 1.165) is 16.9 Å². The number of hydrogen-bond acceptors (Lipinski definition) is 2. The van der Waals surface area contributed by atoms with Gasteiger partial charge < -0.3 is 10.4 Å². The summed E-state index contributed by atoms with van der Waals surface area (Å²) in [5, 5.41) is 11.9. The Balaban J connectivity index is 0.000000177. The second-order valence-corrected chi connectivity index (χ2v) is 5.33. The van der Waals surface area contributed by atoms with Crippen LogP contribution in [0.5, 0.6) is 0 Å². The van der Waals surface area contributed by atoms with Gasteiger partial charge in [0.25, 0.3) is 0 Å². The van der Waals surface area contributed by atoms with Crippen molar-refractivity contribution in [2.45, 2.75) is 12.8 Å². The van der Waals surface area contributed by atoms with Gasteiger partial charge in [-0.15, -0.1) is 0 Å². The van der Waals surface area contributed by atoms with E-state index in [2.05, 4.69) is 5.32 Å². The molecule has 0 saturated carbocycles. The monoisotopic (exact) mass is 319 g/mol. The largest absolute Gasteiger partial charge is 0.481 e. The molecule has 0 aliphatic carbocycles. The molecule has 1 atom stereocenters. The summed E-state index contributed by atoms with van der Waals surface area (Å²) < 4.78 is 0. The first-order valence-corrected chi connectivity index (χ1v) is 7.81. The zero-order chi connectivity index (χ0) is 17.2. The van der Waals surface area contributed by atoms with Gasteiger partial charge in [-0.1, -0.05) is 66.7 Å². The lowest BCUT2D eigenvalue weighted by Crippen LogP contribution is -2.06. The van der Waals surface area contributed by atoms with Crippen molar-refractivity contribution in [2.75, 3.05) is 5.32 Å². The maximum Gasteiger partial charge on any atom is 0.310 e. The summed E-state index contributed by atoms with van der Waals surface area (Å²) >= 11 is 0. The fourth-order valence-corrected chi connectivity index (χ4v) is 2.09. The molecule has 0 bridgehead atoms. The predicted molar refractivity (Wildman–Crippen MR) is 98.7 cm³/mol. The number of carboxylic acids is 1. The first kappa shape index (κ1) is 17.3. The number of benzene rings is 3. The molecule has 0 aliphatic heterocycles. The molecule has 0 radical (unpaired) electrons. The van der Waals surface area contributed by atoms with Crippen LogP contribution in [-0.4, -0.2) is 11.1 Å². The average Bonchev–Trinajstić information content (AvgIpc) is 2.64. The number of aliphatic carboxylic acids is 1. The SMILES string of the molecule is CC(C(=O)O)c1ccccc1.c1ccc(Nc2ccccc2)cc1. The molecular formula is C21H21NO2. The summed E-state index contributed by atoms with van der Waals surface area (Å²) in [6.07, 6.45) is 0. The van der Waals surface area contributed by atoms with Crippen LogP contribution in [0.15, 0.2) is 91.0 Å². The van der Waals surface area contributed by atoms with E-state index in [1.807, 2.05) is 91.0 Å². The lowest BCUT2D eigenvalue weighted by atomic mass is 10.0. The molecule has 3 aromatic rings. The van der Waals surface area contributed by atoms with Gasteiger partial charge in [0.2, 0.25) is 0 Å². The van der Waals surface area contributed by atoms with Crippen LogP contribution < -0.4 is 5.32 Å². The highest BCUT2D eigenvalue weighted by Gasteiger charge is 2.11. The number of carboxylic acid groups (broad SMARTS) is 1. The summed E-state index contributed by atoms with van der Waals surface area (Å²) in [6.45, 7) is 1.68. The molecule has 3 aromatic carbocycles. The van der Waals surface area contributed by atoms with Gasteiger partial charge in [-0.3, -0.25) is 4.79 Å². The fraction of sp³-hybridized carbons (Fsp3) is 0.0952. The third kappa shape index (κ3) is 5.61. The van der Waals surface area contributed by atoms with Crippen LogP contribution in [0.25, 0.3) is 0 Å². The van der Waals surface area contributed by atoms with Crippen LogP contribution in [0, 0.1) is 0 Å². The topological polar surface area (TPSA) is 49.3 Å². The number of rotatable bonds is 4. The molecule has 0 heterocycles. The molecule has 0 aromatic heterocycles. The van der Waals surface area contributed by atoms with Crippen LogP contribution in [0.1, 0.15) is 18.4 Å². The molecule has 122 valence electrons. The van der Waals surface area contributed by atoms with Crippen molar-refractivity contribution in [3.63, 3.8) is 0 Å². The molecule has 1 unspecified atom stereocenters. The van der Waals surface area contributed by atoms with Crippen molar-refractivity contribution < 1.29 is 9.90 Å². The van der Waals surface area contributed by atoms with Gasteiger partial charge in [-0.25, -0.2) is 0 Å². The van der Waals surface area contributed by atoms with Gasteiger partial charge in [0.15, 0.2) is 0 Å². The molecule has 3 rings (SSSR count). The molecule has 0 saturated heterocycles. The Bertz CT molecular complexity index is 690. The smallest absolute Gasteiger partial charge is 0.310 e. The van der Waals surface area contributed by atoms with Gasteiger partial charge >= 0.3 is 5.97 Å². The van der Waals surface area contributed by atoms with E-state index in [-0.39, 0.29) is 0 Å². The van der Waals surface area contributed by atoms with Crippen molar-refractivity contribution in [1.82, 2.24) is 0 Å². The highest BCUT2D eigenvalue weighted by Crippen LogP contribution is 2.14. The van der Waals surface area contributed by atoms with Gasteiger partial charge in [0.1, 0.15) is 0 Å². The Morgan fingerprint density at radius 3 is 1.50 bits per heavy atom. The maximum atomic E-state index is 10.5. The standard InChI is InChI=1S/C12H11N.C9H10O2/c1-3-7-11(8-4-1)13-12-9-5-2-6-10-12;1-7(9(10)11)8-5-3-2-4-6-8/h1-10,13H;2-7H,1H3,(H,10,11). The molecule has 0 fully saturated rings. The Labute approximate surface area is 142 Å². The molecule has 0 amide bonds. The summed E-state index contributed by atoms with van der Waals surface area (Å²) in [5.41, 5.74) is 3.09. The van der Waals surface area contributed by atoms with E-state index >= 15 is 0 Å². The average molecular weight is 319 g/mol. The van der Waals surface area contributed by atoms with Crippen molar-refractivity contribution in [2.24, 2.45) is 0 Å². The van der Waals surface area contributed by atoms with E-state index in [0.29, 0.717) is 0 Å². The Morgan fingerprint density at radius 1 is 0.750 bits per heavy atom. The minimum absolute atomic E-state index is 0.406. The molecule has 0 spiro atoms. The normalized spacial score (nSPS) is 10.9. The Hall–Kier alpha value is -3.07. The van der Waals surface area contributed by atoms with Gasteiger partial charge in [-0.05, 0) is 36.8 Å². The van der Waals surface area contributed by atoms with Crippen LogP contribution in [0.3, 0.4) is 0 Å². The lowest BCUT2D eigenvalue weighted by Gasteiger charge is -2.04. The second kappa shape index (κ2) is 9.16. The molecule has 0 aliphatic rings. The van der Waals surface area contributed by atoms with E-state index in [1.54, 1.807) is 6.92 Å². The van der Waals surface area contributed by atoms with E-state index in [1.165, 1.54) is 0 Å². The summed E-state index contributed by atoms with van der Waals surface area (Å²) in [4.78, 5) is 10.5. The van der Waals surface area contributed by atoms with Crippen LogP contribution in [0.4, 0.5) is 11.4 Å². The van der Waals surface area contributed by atoms with Crippen molar-refractivity contribution in [3.05, 3.63) is 96.6 Å². The van der Waals surface area contributed by atoms with Gasteiger partial charge in [0, 0.05) is 11.4 Å². The third-order valence-corrected chi connectivity index (χ3v) is 3.51. The van der Waals surface area contributed by atoms with Crippen molar-refractivity contribution in [1.29, 1.82) is 0 Å². The highest BCUT2D eigenvalue weighted by molar-refractivity contribution is 5.75. The zero-order valence-electron chi connectivity index (χ0n) is 13.6. The molecule has 3 heteroatoms. The second-order valence-electron chi connectivity index (χ2n) is 5.33. The summed E-state index contributed by atoms with van der Waals surface area (Å²) in [5.74, 6) is -1.19. The zero-order valence-corrected chi connectivity index (χ0v) is 13.6. The highest BCUT2D eigenvalue weighted by atomic mass is 16.4. The summed E-state index contributed by atoms with van der Waals surface area (Å²) in [6, 6.07) is 29.5. The van der Waals surface area contributed by atoms with Crippen LogP contribution >= 0.6 is 0 Å². The van der Waals surface area contributed by atoms with Crippen LogP contribution in [-0.2, 0) is 4.79 Å². The number of carbonyl (C=O) groups is 1. The Kier molecular flexibility index (Phi) is 6.59. The predicted octanol–water partition coefficient (Wildman–Crippen LogP) is 5.30. The molecule has 3 nitrogen and oxygen atoms in total. The minimum atomic E-state index is -0.781. The van der Waals surface area contributed by atoms with Crippen molar-refractivity contribution >= 4 is 17.3 Å². The molecule has 24 heavy (non-hydrogen) atoms. The number of nitrogens with one attached hydrogen (secondary N) is 1. The quantitative estimate of drug-likeness (QED) is 0.685.